The van der Waals surface area contributed by atoms with Crippen LogP contribution in [0.5, 0.6) is 0 Å². The van der Waals surface area contributed by atoms with Gasteiger partial charge in [-0.05, 0) is 37.1 Å². The summed E-state index contributed by atoms with van der Waals surface area (Å²) in [7, 11) is 0. The number of nitrogens with zero attached hydrogens (tertiary/aromatic N) is 1. The lowest BCUT2D eigenvalue weighted by molar-refractivity contribution is 0.0387. The van der Waals surface area contributed by atoms with Gasteiger partial charge in [-0.1, -0.05) is 30.3 Å². The van der Waals surface area contributed by atoms with Crippen molar-refractivity contribution in [2.45, 2.75) is 32.4 Å². The number of benzene rings is 2. The minimum absolute atomic E-state index is 0.182. The van der Waals surface area contributed by atoms with Gasteiger partial charge >= 0.3 is 5.97 Å². The molecule has 4 nitrogen and oxygen atoms in total. The van der Waals surface area contributed by atoms with Crippen molar-refractivity contribution in [1.82, 2.24) is 5.32 Å². The molecule has 0 spiro atoms. The van der Waals surface area contributed by atoms with E-state index < -0.39 is 0 Å². The molecule has 1 saturated heterocycles. The number of hydrogen-bond donors (Lipinski definition) is 1. The number of cyclic esters (lactones) is 1. The molecule has 0 amide bonds. The van der Waals surface area contributed by atoms with Gasteiger partial charge < -0.3 is 15.0 Å². The van der Waals surface area contributed by atoms with E-state index in [9.17, 15) is 4.79 Å². The molecule has 0 aliphatic carbocycles. The van der Waals surface area contributed by atoms with Crippen LogP contribution in [0.15, 0.2) is 42.5 Å². The molecule has 2 atom stereocenters. The van der Waals surface area contributed by atoms with E-state index in [1.54, 1.807) is 0 Å². The van der Waals surface area contributed by atoms with Crippen LogP contribution in [0.25, 0.3) is 0 Å². The smallest absolute Gasteiger partial charge is 0.339 e. The topological polar surface area (TPSA) is 41.6 Å². The van der Waals surface area contributed by atoms with Gasteiger partial charge in [0, 0.05) is 43.3 Å². The fourth-order valence-corrected chi connectivity index (χ4v) is 3.85. The Kier molecular flexibility index (Phi) is 4.22. The zero-order valence-electron chi connectivity index (χ0n) is 14.8. The Labute approximate surface area is 148 Å². The van der Waals surface area contributed by atoms with Crippen LogP contribution in [0.1, 0.15) is 40.1 Å². The molecule has 130 valence electrons. The van der Waals surface area contributed by atoms with Crippen molar-refractivity contribution >= 4 is 11.7 Å². The van der Waals surface area contributed by atoms with E-state index in [4.69, 9.17) is 4.74 Å². The third-order valence-electron chi connectivity index (χ3n) is 5.35. The summed E-state index contributed by atoms with van der Waals surface area (Å²) in [6.07, 6.45) is 0.549. The van der Waals surface area contributed by atoms with E-state index in [1.807, 2.05) is 18.2 Å². The highest BCUT2D eigenvalue weighted by molar-refractivity contribution is 5.95. The third-order valence-corrected chi connectivity index (χ3v) is 5.35. The maximum absolute atomic E-state index is 12.4. The Morgan fingerprint density at radius 2 is 2.08 bits per heavy atom. The van der Waals surface area contributed by atoms with E-state index >= 15 is 0 Å². The van der Waals surface area contributed by atoms with E-state index in [2.05, 4.69) is 48.3 Å². The van der Waals surface area contributed by atoms with Crippen molar-refractivity contribution in [1.29, 1.82) is 0 Å². The van der Waals surface area contributed by atoms with Gasteiger partial charge in [-0.2, -0.15) is 0 Å². The van der Waals surface area contributed by atoms with Crippen LogP contribution in [-0.2, 0) is 11.2 Å². The Morgan fingerprint density at radius 3 is 2.88 bits per heavy atom. The molecule has 1 N–H and O–H groups in total. The van der Waals surface area contributed by atoms with Gasteiger partial charge in [0.2, 0.25) is 0 Å². The number of carbonyl (C=O) groups excluding carboxylic acids is 1. The number of esters is 1. The standard InChI is InChI=1S/C21H24N2O2/c1-14-5-3-4-6-16(14)11-20-18-8-7-17(12-19(18)21(24)25-20)23-10-9-22-13-15(23)2/h3-8,12,15,20,22H,9-11,13H2,1-2H3. The highest BCUT2D eigenvalue weighted by Crippen LogP contribution is 2.36. The van der Waals surface area contributed by atoms with Crippen LogP contribution < -0.4 is 10.2 Å². The number of hydrogen-bond acceptors (Lipinski definition) is 4. The molecule has 0 radical (unpaired) electrons. The predicted molar refractivity (Wildman–Crippen MR) is 99.2 cm³/mol. The second kappa shape index (κ2) is 6.52. The fourth-order valence-electron chi connectivity index (χ4n) is 3.85. The van der Waals surface area contributed by atoms with Crippen molar-refractivity contribution in [3.8, 4) is 0 Å². The predicted octanol–water partition coefficient (Wildman–Crippen LogP) is 3.25. The first-order valence-electron chi connectivity index (χ1n) is 9.00. The quantitative estimate of drug-likeness (QED) is 0.874. The fraction of sp³-hybridized carbons (Fsp3) is 0.381. The van der Waals surface area contributed by atoms with Gasteiger partial charge in [-0.15, -0.1) is 0 Å². The monoisotopic (exact) mass is 336 g/mol. The normalized spacial score (nSPS) is 22.6. The van der Waals surface area contributed by atoms with E-state index in [0.29, 0.717) is 6.04 Å². The highest BCUT2D eigenvalue weighted by atomic mass is 16.5. The van der Waals surface area contributed by atoms with Crippen LogP contribution >= 0.6 is 0 Å². The molecule has 0 saturated carbocycles. The van der Waals surface area contributed by atoms with Gasteiger partial charge in [0.1, 0.15) is 6.10 Å². The SMILES string of the molecule is Cc1ccccc1CC1OC(=O)c2cc(N3CCNCC3C)ccc21. The zero-order chi connectivity index (χ0) is 17.4. The molecule has 25 heavy (non-hydrogen) atoms. The molecule has 2 aliphatic rings. The number of nitrogens with one attached hydrogen (secondary N) is 1. The van der Waals surface area contributed by atoms with Gasteiger partial charge in [0.05, 0.1) is 5.56 Å². The summed E-state index contributed by atoms with van der Waals surface area (Å²) >= 11 is 0. The lowest BCUT2D eigenvalue weighted by Crippen LogP contribution is -2.49. The van der Waals surface area contributed by atoms with Gasteiger partial charge in [-0.25, -0.2) is 4.79 Å². The molecule has 2 aromatic carbocycles. The minimum Gasteiger partial charge on any atom is -0.454 e. The average Bonchev–Trinajstić information content (AvgIpc) is 2.93. The maximum Gasteiger partial charge on any atom is 0.339 e. The van der Waals surface area contributed by atoms with Crippen LogP contribution in [0.3, 0.4) is 0 Å². The molecule has 4 heteroatoms. The first kappa shape index (κ1) is 16.2. The van der Waals surface area contributed by atoms with Gasteiger partial charge in [0.15, 0.2) is 0 Å². The summed E-state index contributed by atoms with van der Waals surface area (Å²) in [6.45, 7) is 7.21. The van der Waals surface area contributed by atoms with Crippen molar-refractivity contribution in [2.24, 2.45) is 0 Å². The number of piperazine rings is 1. The summed E-state index contributed by atoms with van der Waals surface area (Å²) in [5.41, 5.74) is 5.31. The lowest BCUT2D eigenvalue weighted by Gasteiger charge is -2.36. The maximum atomic E-state index is 12.4. The summed E-state index contributed by atoms with van der Waals surface area (Å²) in [5, 5.41) is 3.40. The number of carbonyl (C=O) groups is 1. The molecular formula is C21H24N2O2. The van der Waals surface area contributed by atoms with Crippen molar-refractivity contribution in [3.63, 3.8) is 0 Å². The number of fused-ring (bicyclic) bond motifs is 1. The van der Waals surface area contributed by atoms with Crippen LogP contribution in [0, 0.1) is 6.92 Å². The second-order valence-corrected chi connectivity index (χ2v) is 7.04. The minimum atomic E-state index is -0.196. The first-order chi connectivity index (χ1) is 12.1. The van der Waals surface area contributed by atoms with Gasteiger partial charge in [0.25, 0.3) is 0 Å². The Morgan fingerprint density at radius 1 is 1.24 bits per heavy atom. The summed E-state index contributed by atoms with van der Waals surface area (Å²) in [4.78, 5) is 14.8. The largest absolute Gasteiger partial charge is 0.454 e. The molecule has 2 unspecified atom stereocenters. The summed E-state index contributed by atoms with van der Waals surface area (Å²) < 4.78 is 5.69. The van der Waals surface area contributed by atoms with Crippen LogP contribution in [0.4, 0.5) is 5.69 Å². The average molecular weight is 336 g/mol. The lowest BCUT2D eigenvalue weighted by atomic mass is 9.96. The number of rotatable bonds is 3. The molecule has 0 bridgehead atoms. The second-order valence-electron chi connectivity index (χ2n) is 7.04. The van der Waals surface area contributed by atoms with E-state index in [1.165, 1.54) is 11.1 Å². The van der Waals surface area contributed by atoms with E-state index in [-0.39, 0.29) is 12.1 Å². The van der Waals surface area contributed by atoms with Crippen molar-refractivity contribution in [3.05, 3.63) is 64.7 Å². The first-order valence-corrected chi connectivity index (χ1v) is 9.00. The number of anilines is 1. The molecule has 4 rings (SSSR count). The summed E-state index contributed by atoms with van der Waals surface area (Å²) in [6, 6.07) is 14.9. The Bertz CT molecular complexity index is 802. The van der Waals surface area contributed by atoms with Crippen molar-refractivity contribution in [2.75, 3.05) is 24.5 Å². The highest BCUT2D eigenvalue weighted by Gasteiger charge is 2.32. The molecule has 2 aromatic rings. The van der Waals surface area contributed by atoms with E-state index in [0.717, 1.165) is 42.9 Å². The van der Waals surface area contributed by atoms with Gasteiger partial charge in [-0.3, -0.25) is 0 Å². The number of ether oxygens (including phenoxy) is 1. The number of aryl methyl sites for hydroxylation is 1. The Hall–Kier alpha value is -2.33. The van der Waals surface area contributed by atoms with Crippen LogP contribution in [-0.4, -0.2) is 31.6 Å². The summed E-state index contributed by atoms with van der Waals surface area (Å²) in [5.74, 6) is -0.196. The van der Waals surface area contributed by atoms with Crippen molar-refractivity contribution < 1.29 is 9.53 Å². The molecule has 2 aliphatic heterocycles. The molecule has 2 heterocycles. The molecule has 0 aromatic heterocycles. The Balaban J connectivity index is 1.61. The third kappa shape index (κ3) is 3.02. The van der Waals surface area contributed by atoms with Crippen LogP contribution in [0.2, 0.25) is 0 Å². The molecule has 1 fully saturated rings. The zero-order valence-corrected chi connectivity index (χ0v) is 14.8. The molecular weight excluding hydrogens is 312 g/mol.